The number of hydrogen-bond acceptors (Lipinski definition) is 3. The minimum atomic E-state index is 0.199. The molecule has 0 saturated carbocycles. The monoisotopic (exact) mass is 199 g/mol. The molecule has 1 aliphatic rings. The van der Waals surface area contributed by atoms with Crippen LogP contribution in [-0.4, -0.2) is 43.0 Å². The Morgan fingerprint density at radius 2 is 2.29 bits per heavy atom. The maximum Gasteiger partial charge on any atom is 0.219 e. The van der Waals surface area contributed by atoms with Gasteiger partial charge in [0.15, 0.2) is 0 Å². The van der Waals surface area contributed by atoms with Crippen LogP contribution in [0.3, 0.4) is 0 Å². The molecule has 0 aliphatic carbocycles. The zero-order chi connectivity index (χ0) is 10.4. The minimum Gasteiger partial charge on any atom is -0.343 e. The number of likely N-dealkylation sites (tertiary alicyclic amines) is 1. The quantitative estimate of drug-likeness (QED) is 0.669. The lowest BCUT2D eigenvalue weighted by Gasteiger charge is -2.18. The molecule has 1 aliphatic heterocycles. The van der Waals surface area contributed by atoms with Gasteiger partial charge in [0, 0.05) is 39.1 Å². The highest BCUT2D eigenvalue weighted by Gasteiger charge is 2.17. The predicted octanol–water partition coefficient (Wildman–Crippen LogP) is -0.0643. The second kappa shape index (κ2) is 5.98. The van der Waals surface area contributed by atoms with Crippen molar-refractivity contribution < 1.29 is 4.79 Å². The number of carbonyl (C=O) groups is 1. The molecule has 82 valence electrons. The Kier molecular flexibility index (Phi) is 4.90. The second-order valence-electron chi connectivity index (χ2n) is 3.88. The van der Waals surface area contributed by atoms with Gasteiger partial charge in [0.2, 0.25) is 5.91 Å². The fourth-order valence-corrected chi connectivity index (χ4v) is 1.90. The average Bonchev–Trinajstić information content (AvgIpc) is 2.39. The molecule has 0 radical (unpaired) electrons. The van der Waals surface area contributed by atoms with Gasteiger partial charge in [0.25, 0.3) is 0 Å². The Hall–Kier alpha value is -0.610. The van der Waals surface area contributed by atoms with Gasteiger partial charge in [-0.3, -0.25) is 4.79 Å². The summed E-state index contributed by atoms with van der Waals surface area (Å²) in [5, 5.41) is 3.41. The van der Waals surface area contributed by atoms with Gasteiger partial charge < -0.3 is 16.0 Å². The van der Waals surface area contributed by atoms with E-state index in [0.29, 0.717) is 12.6 Å². The molecule has 1 fully saturated rings. The Balaban J connectivity index is 2.29. The summed E-state index contributed by atoms with van der Waals surface area (Å²) in [5.74, 6) is 0.199. The van der Waals surface area contributed by atoms with Crippen molar-refractivity contribution in [3.63, 3.8) is 0 Å². The number of nitrogens with one attached hydrogen (secondary N) is 1. The maximum atomic E-state index is 11.2. The molecule has 0 aromatic heterocycles. The van der Waals surface area contributed by atoms with Crippen LogP contribution in [0.25, 0.3) is 0 Å². The summed E-state index contributed by atoms with van der Waals surface area (Å²) < 4.78 is 0. The molecule has 1 saturated heterocycles. The molecule has 0 aromatic rings. The van der Waals surface area contributed by atoms with Crippen LogP contribution in [0.4, 0.5) is 0 Å². The van der Waals surface area contributed by atoms with E-state index in [2.05, 4.69) is 5.32 Å². The van der Waals surface area contributed by atoms with Gasteiger partial charge in [-0.15, -0.1) is 0 Å². The fraction of sp³-hybridized carbons (Fsp3) is 0.900. The van der Waals surface area contributed by atoms with Crippen LogP contribution >= 0.6 is 0 Å². The molecule has 0 aromatic carbocycles. The molecule has 0 spiro atoms. The van der Waals surface area contributed by atoms with Crippen LogP contribution in [0, 0.1) is 0 Å². The molecular weight excluding hydrogens is 178 g/mol. The fourth-order valence-electron chi connectivity index (χ4n) is 1.90. The zero-order valence-electron chi connectivity index (χ0n) is 8.96. The standard InChI is InChI=1S/C10H21N3O/c1-9(14)13-7-2-3-10(4-8-13)12-6-5-11/h10,12H,2-8,11H2,1H3. The average molecular weight is 199 g/mol. The molecule has 4 heteroatoms. The van der Waals surface area contributed by atoms with Gasteiger partial charge in [0.05, 0.1) is 0 Å². The van der Waals surface area contributed by atoms with Gasteiger partial charge in [-0.25, -0.2) is 0 Å². The smallest absolute Gasteiger partial charge is 0.219 e. The number of nitrogens with zero attached hydrogens (tertiary/aromatic N) is 1. The lowest BCUT2D eigenvalue weighted by Crippen LogP contribution is -2.35. The first-order valence-corrected chi connectivity index (χ1v) is 5.43. The van der Waals surface area contributed by atoms with Gasteiger partial charge in [0.1, 0.15) is 0 Å². The van der Waals surface area contributed by atoms with E-state index in [-0.39, 0.29) is 5.91 Å². The van der Waals surface area contributed by atoms with Crippen molar-refractivity contribution in [1.29, 1.82) is 0 Å². The van der Waals surface area contributed by atoms with Gasteiger partial charge >= 0.3 is 0 Å². The van der Waals surface area contributed by atoms with E-state index in [9.17, 15) is 4.79 Å². The third kappa shape index (κ3) is 3.64. The third-order valence-electron chi connectivity index (χ3n) is 2.75. The predicted molar refractivity (Wildman–Crippen MR) is 57.0 cm³/mol. The molecule has 1 rings (SSSR count). The first-order valence-electron chi connectivity index (χ1n) is 5.43. The molecule has 4 nitrogen and oxygen atoms in total. The van der Waals surface area contributed by atoms with Crippen LogP contribution in [0.2, 0.25) is 0 Å². The second-order valence-corrected chi connectivity index (χ2v) is 3.88. The van der Waals surface area contributed by atoms with Crippen molar-refractivity contribution in [2.45, 2.75) is 32.2 Å². The van der Waals surface area contributed by atoms with Crippen LogP contribution in [0.5, 0.6) is 0 Å². The van der Waals surface area contributed by atoms with E-state index in [1.54, 1.807) is 6.92 Å². The lowest BCUT2D eigenvalue weighted by molar-refractivity contribution is -0.128. The molecule has 3 N–H and O–H groups in total. The van der Waals surface area contributed by atoms with E-state index in [0.717, 1.165) is 38.9 Å². The largest absolute Gasteiger partial charge is 0.343 e. The maximum absolute atomic E-state index is 11.2. The number of nitrogens with two attached hydrogens (primary N) is 1. The van der Waals surface area contributed by atoms with E-state index in [1.165, 1.54) is 0 Å². The summed E-state index contributed by atoms with van der Waals surface area (Å²) in [6.45, 7) is 5.01. The normalized spacial score (nSPS) is 23.3. The molecule has 14 heavy (non-hydrogen) atoms. The zero-order valence-corrected chi connectivity index (χ0v) is 8.96. The van der Waals surface area contributed by atoms with Gasteiger partial charge in [-0.2, -0.15) is 0 Å². The SMILES string of the molecule is CC(=O)N1CCCC(NCCN)CC1. The number of hydrogen-bond donors (Lipinski definition) is 2. The molecule has 1 atom stereocenters. The first-order chi connectivity index (χ1) is 6.74. The highest BCUT2D eigenvalue weighted by atomic mass is 16.2. The number of amides is 1. The number of carbonyl (C=O) groups excluding carboxylic acids is 1. The third-order valence-corrected chi connectivity index (χ3v) is 2.75. The van der Waals surface area contributed by atoms with E-state index < -0.39 is 0 Å². The van der Waals surface area contributed by atoms with E-state index >= 15 is 0 Å². The summed E-state index contributed by atoms with van der Waals surface area (Å²) in [6.07, 6.45) is 3.31. The molecule has 1 amide bonds. The first kappa shape index (κ1) is 11.5. The summed E-state index contributed by atoms with van der Waals surface area (Å²) in [6, 6.07) is 0.544. The van der Waals surface area contributed by atoms with Crippen LogP contribution in [0.1, 0.15) is 26.2 Å². The van der Waals surface area contributed by atoms with Gasteiger partial charge in [-0.05, 0) is 19.3 Å². The van der Waals surface area contributed by atoms with E-state index in [4.69, 9.17) is 5.73 Å². The highest BCUT2D eigenvalue weighted by molar-refractivity contribution is 5.73. The lowest BCUT2D eigenvalue weighted by atomic mass is 10.1. The molecule has 0 bridgehead atoms. The van der Waals surface area contributed by atoms with E-state index in [1.807, 2.05) is 4.90 Å². The van der Waals surface area contributed by atoms with Crippen molar-refractivity contribution in [2.24, 2.45) is 5.73 Å². The van der Waals surface area contributed by atoms with Gasteiger partial charge in [-0.1, -0.05) is 0 Å². The van der Waals surface area contributed by atoms with Crippen molar-refractivity contribution >= 4 is 5.91 Å². The van der Waals surface area contributed by atoms with Crippen LogP contribution < -0.4 is 11.1 Å². The summed E-state index contributed by atoms with van der Waals surface area (Å²) >= 11 is 0. The van der Waals surface area contributed by atoms with Crippen molar-refractivity contribution in [3.05, 3.63) is 0 Å². The van der Waals surface area contributed by atoms with Crippen LogP contribution in [0.15, 0.2) is 0 Å². The summed E-state index contributed by atoms with van der Waals surface area (Å²) in [7, 11) is 0. The summed E-state index contributed by atoms with van der Waals surface area (Å²) in [4.78, 5) is 13.1. The van der Waals surface area contributed by atoms with Crippen molar-refractivity contribution in [2.75, 3.05) is 26.2 Å². The molecular formula is C10H21N3O. The van der Waals surface area contributed by atoms with Crippen LogP contribution in [-0.2, 0) is 4.79 Å². The number of rotatable bonds is 3. The topological polar surface area (TPSA) is 58.4 Å². The Labute approximate surface area is 85.8 Å². The Morgan fingerprint density at radius 3 is 2.93 bits per heavy atom. The highest BCUT2D eigenvalue weighted by Crippen LogP contribution is 2.10. The van der Waals surface area contributed by atoms with Crippen molar-refractivity contribution in [3.8, 4) is 0 Å². The minimum absolute atomic E-state index is 0.199. The molecule has 1 heterocycles. The van der Waals surface area contributed by atoms with Crippen molar-refractivity contribution in [1.82, 2.24) is 10.2 Å². The summed E-state index contributed by atoms with van der Waals surface area (Å²) in [5.41, 5.74) is 5.43. The Morgan fingerprint density at radius 1 is 1.50 bits per heavy atom. The Bertz CT molecular complexity index is 184. The molecule has 1 unspecified atom stereocenters.